The maximum absolute atomic E-state index is 13.0. The normalized spacial score (nSPS) is 13.6. The van der Waals surface area contributed by atoms with E-state index in [4.69, 9.17) is 0 Å². The van der Waals surface area contributed by atoms with Crippen LogP contribution >= 0.6 is 15.9 Å². The Kier molecular flexibility index (Phi) is 3.08. The first-order valence-corrected chi connectivity index (χ1v) is 8.12. The van der Waals surface area contributed by atoms with Crippen LogP contribution in [-0.2, 0) is 6.42 Å². The predicted octanol–water partition coefficient (Wildman–Crippen LogP) is 4.44. The van der Waals surface area contributed by atoms with Crippen molar-refractivity contribution in [2.45, 2.75) is 13.3 Å². The van der Waals surface area contributed by atoms with Gasteiger partial charge in [0, 0.05) is 27.6 Å². The van der Waals surface area contributed by atoms with Gasteiger partial charge in [-0.2, -0.15) is 0 Å². The zero-order valence-corrected chi connectivity index (χ0v) is 13.8. The standard InChI is InChI=1S/C18H15BrN2O/c1-11-14-10-13(19)6-7-15(14)20-17(11)18(22)21-9-8-12-4-2-3-5-16(12)21/h2-7,10,20H,8-9H2,1H3. The third-order valence-corrected chi connectivity index (χ3v) is 4.86. The quantitative estimate of drug-likeness (QED) is 0.688. The molecule has 4 heteroatoms. The summed E-state index contributed by atoms with van der Waals surface area (Å²) in [6, 6.07) is 14.2. The van der Waals surface area contributed by atoms with Crippen molar-refractivity contribution in [1.29, 1.82) is 0 Å². The predicted molar refractivity (Wildman–Crippen MR) is 92.6 cm³/mol. The first-order chi connectivity index (χ1) is 10.6. The average Bonchev–Trinajstić information content (AvgIpc) is 3.09. The minimum absolute atomic E-state index is 0.0507. The zero-order valence-electron chi connectivity index (χ0n) is 12.2. The lowest BCUT2D eigenvalue weighted by atomic mass is 10.1. The summed E-state index contributed by atoms with van der Waals surface area (Å²) in [5.74, 6) is 0.0507. The number of nitrogens with one attached hydrogen (secondary N) is 1. The second-order valence-electron chi connectivity index (χ2n) is 5.65. The molecule has 3 aromatic rings. The lowest BCUT2D eigenvalue weighted by Crippen LogP contribution is -2.29. The number of aromatic amines is 1. The number of halogens is 1. The Labute approximate surface area is 137 Å². The van der Waals surface area contributed by atoms with Crippen LogP contribution in [0.5, 0.6) is 0 Å². The number of hydrogen-bond acceptors (Lipinski definition) is 1. The molecule has 22 heavy (non-hydrogen) atoms. The number of aromatic nitrogens is 1. The molecule has 0 atom stereocenters. The molecule has 0 fully saturated rings. The van der Waals surface area contributed by atoms with Gasteiger partial charge in [-0.05, 0) is 48.7 Å². The molecule has 4 rings (SSSR count). The fraction of sp³-hybridized carbons (Fsp3) is 0.167. The number of carbonyl (C=O) groups excluding carboxylic acids is 1. The molecule has 0 unspecified atom stereocenters. The topological polar surface area (TPSA) is 36.1 Å². The van der Waals surface area contributed by atoms with E-state index in [1.165, 1.54) is 5.56 Å². The Morgan fingerprint density at radius 1 is 1.23 bits per heavy atom. The van der Waals surface area contributed by atoms with Crippen molar-refractivity contribution in [1.82, 2.24) is 4.98 Å². The summed E-state index contributed by atoms with van der Waals surface area (Å²) in [6.45, 7) is 2.75. The fourth-order valence-corrected chi connectivity index (χ4v) is 3.56. The van der Waals surface area contributed by atoms with Gasteiger partial charge < -0.3 is 9.88 Å². The Hall–Kier alpha value is -2.07. The summed E-state index contributed by atoms with van der Waals surface area (Å²) in [7, 11) is 0. The molecule has 0 aliphatic carbocycles. The van der Waals surface area contributed by atoms with E-state index in [9.17, 15) is 4.79 Å². The highest BCUT2D eigenvalue weighted by molar-refractivity contribution is 9.10. The Morgan fingerprint density at radius 2 is 2.05 bits per heavy atom. The summed E-state index contributed by atoms with van der Waals surface area (Å²) in [5, 5.41) is 1.09. The van der Waals surface area contributed by atoms with Crippen molar-refractivity contribution in [3.05, 3.63) is 63.8 Å². The number of anilines is 1. The molecule has 2 aromatic carbocycles. The SMILES string of the molecule is Cc1c(C(=O)N2CCc3ccccc32)[nH]c2ccc(Br)cc12. The van der Waals surface area contributed by atoms with E-state index in [0.717, 1.165) is 39.6 Å². The molecular formula is C18H15BrN2O. The second kappa shape index (κ2) is 4.99. The Balaban J connectivity index is 1.80. The number of amides is 1. The van der Waals surface area contributed by atoms with Crippen LogP contribution < -0.4 is 4.90 Å². The lowest BCUT2D eigenvalue weighted by Gasteiger charge is -2.17. The van der Waals surface area contributed by atoms with Gasteiger partial charge in [-0.15, -0.1) is 0 Å². The van der Waals surface area contributed by atoms with Gasteiger partial charge in [0.05, 0.1) is 0 Å². The highest BCUT2D eigenvalue weighted by Crippen LogP contribution is 2.31. The van der Waals surface area contributed by atoms with Crippen LogP contribution in [0.2, 0.25) is 0 Å². The van der Waals surface area contributed by atoms with Gasteiger partial charge >= 0.3 is 0 Å². The summed E-state index contributed by atoms with van der Waals surface area (Å²) in [4.78, 5) is 18.1. The molecule has 1 aliphatic heterocycles. The van der Waals surface area contributed by atoms with Gasteiger partial charge in [0.1, 0.15) is 5.69 Å². The highest BCUT2D eigenvalue weighted by Gasteiger charge is 2.27. The van der Waals surface area contributed by atoms with Gasteiger partial charge in [-0.1, -0.05) is 34.1 Å². The van der Waals surface area contributed by atoms with Crippen LogP contribution in [0.4, 0.5) is 5.69 Å². The van der Waals surface area contributed by atoms with Gasteiger partial charge in [0.15, 0.2) is 0 Å². The van der Waals surface area contributed by atoms with Crippen LogP contribution in [-0.4, -0.2) is 17.4 Å². The molecule has 110 valence electrons. The lowest BCUT2D eigenvalue weighted by molar-refractivity contribution is 0.0985. The van der Waals surface area contributed by atoms with Crippen molar-refractivity contribution < 1.29 is 4.79 Å². The van der Waals surface area contributed by atoms with Gasteiger partial charge in [0.2, 0.25) is 0 Å². The maximum atomic E-state index is 13.0. The number of benzene rings is 2. The molecule has 2 heterocycles. The Morgan fingerprint density at radius 3 is 2.91 bits per heavy atom. The van der Waals surface area contributed by atoms with Crippen molar-refractivity contribution >= 4 is 38.4 Å². The molecular weight excluding hydrogens is 340 g/mol. The van der Waals surface area contributed by atoms with Crippen LogP contribution in [0.1, 0.15) is 21.6 Å². The summed E-state index contributed by atoms with van der Waals surface area (Å²) in [6.07, 6.45) is 0.923. The van der Waals surface area contributed by atoms with Crippen LogP contribution in [0.25, 0.3) is 10.9 Å². The third-order valence-electron chi connectivity index (χ3n) is 4.37. The van der Waals surface area contributed by atoms with Crippen molar-refractivity contribution in [2.75, 3.05) is 11.4 Å². The van der Waals surface area contributed by atoms with Crippen LogP contribution in [0.15, 0.2) is 46.9 Å². The molecule has 1 aromatic heterocycles. The molecule has 0 spiro atoms. The molecule has 1 amide bonds. The molecule has 0 bridgehead atoms. The largest absolute Gasteiger partial charge is 0.350 e. The first kappa shape index (κ1) is 13.6. The smallest absolute Gasteiger partial charge is 0.275 e. The summed E-state index contributed by atoms with van der Waals surface area (Å²) >= 11 is 3.49. The second-order valence-corrected chi connectivity index (χ2v) is 6.57. The minimum Gasteiger partial charge on any atom is -0.350 e. The molecule has 3 nitrogen and oxygen atoms in total. The van der Waals surface area contributed by atoms with Gasteiger partial charge in [-0.25, -0.2) is 0 Å². The molecule has 1 aliphatic rings. The van der Waals surface area contributed by atoms with E-state index in [0.29, 0.717) is 5.69 Å². The monoisotopic (exact) mass is 354 g/mol. The van der Waals surface area contributed by atoms with E-state index in [1.807, 2.05) is 42.2 Å². The molecule has 0 radical (unpaired) electrons. The van der Waals surface area contributed by atoms with Crippen LogP contribution in [0, 0.1) is 6.92 Å². The summed E-state index contributed by atoms with van der Waals surface area (Å²) < 4.78 is 1.02. The number of hydrogen-bond donors (Lipinski definition) is 1. The van der Waals surface area contributed by atoms with Crippen molar-refractivity contribution in [3.63, 3.8) is 0 Å². The third kappa shape index (κ3) is 1.98. The van der Waals surface area contributed by atoms with Crippen LogP contribution in [0.3, 0.4) is 0 Å². The van der Waals surface area contributed by atoms with Crippen molar-refractivity contribution in [3.8, 4) is 0 Å². The number of para-hydroxylation sites is 1. The van der Waals surface area contributed by atoms with E-state index >= 15 is 0 Å². The Bertz CT molecular complexity index is 897. The number of carbonyl (C=O) groups is 1. The average molecular weight is 355 g/mol. The number of H-pyrrole nitrogens is 1. The van der Waals surface area contributed by atoms with Gasteiger partial charge in [-0.3, -0.25) is 4.79 Å². The molecule has 0 saturated carbocycles. The highest BCUT2D eigenvalue weighted by atomic mass is 79.9. The van der Waals surface area contributed by atoms with Gasteiger partial charge in [0.25, 0.3) is 5.91 Å². The fourth-order valence-electron chi connectivity index (χ4n) is 3.20. The zero-order chi connectivity index (χ0) is 15.3. The van der Waals surface area contributed by atoms with Crippen molar-refractivity contribution in [2.24, 2.45) is 0 Å². The van der Waals surface area contributed by atoms with E-state index < -0.39 is 0 Å². The molecule has 1 N–H and O–H groups in total. The number of rotatable bonds is 1. The number of aryl methyl sites for hydroxylation is 1. The van der Waals surface area contributed by atoms with E-state index in [-0.39, 0.29) is 5.91 Å². The van der Waals surface area contributed by atoms with E-state index in [2.05, 4.69) is 33.0 Å². The number of nitrogens with zero attached hydrogens (tertiary/aromatic N) is 1. The number of fused-ring (bicyclic) bond motifs is 2. The first-order valence-electron chi connectivity index (χ1n) is 7.33. The minimum atomic E-state index is 0.0507. The molecule has 0 saturated heterocycles. The van der Waals surface area contributed by atoms with E-state index in [1.54, 1.807) is 0 Å². The maximum Gasteiger partial charge on any atom is 0.275 e. The summed E-state index contributed by atoms with van der Waals surface area (Å²) in [5.41, 5.74) is 4.96.